The zero-order chi connectivity index (χ0) is 21.6. The average molecular weight is 408 g/mol. The third kappa shape index (κ3) is 3.26. The first-order valence-electron chi connectivity index (χ1n) is 9.13. The molecule has 30 heavy (non-hydrogen) atoms. The zero-order valence-electron chi connectivity index (χ0n) is 16.5. The molecule has 2 aromatic heterocycles. The highest BCUT2D eigenvalue weighted by Gasteiger charge is 2.22. The van der Waals surface area contributed by atoms with Crippen molar-refractivity contribution >= 4 is 17.3 Å². The number of anilines is 1. The van der Waals surface area contributed by atoms with Crippen molar-refractivity contribution in [2.24, 2.45) is 0 Å². The highest BCUT2D eigenvalue weighted by Crippen LogP contribution is 2.32. The molecule has 4 rings (SSSR count). The topological polar surface area (TPSA) is 70.7 Å². The third-order valence-corrected chi connectivity index (χ3v) is 4.86. The summed E-state index contributed by atoms with van der Waals surface area (Å²) in [5, 5.41) is 14.0. The molecule has 152 valence electrons. The average Bonchev–Trinajstić information content (AvgIpc) is 3.03. The van der Waals surface area contributed by atoms with Crippen LogP contribution in [0.2, 0.25) is 0 Å². The largest absolute Gasteiger partial charge is 0.477 e. The Labute approximate surface area is 171 Å². The number of nitrogens with zero attached hydrogens (tertiary/aromatic N) is 4. The standard InChI is InChI=1S/C22H18F2N4O2/c1-12-20(16-9-6-14(23)10-17(16)24)21-25-18(11-19(22(29)30)28(21)26-12)13-4-7-15(8-5-13)27(2)3/h4-11H,1-3H3,(H,29,30). The Balaban J connectivity index is 1.99. The van der Waals surface area contributed by atoms with E-state index in [1.165, 1.54) is 16.6 Å². The summed E-state index contributed by atoms with van der Waals surface area (Å²) in [6.45, 7) is 1.63. The van der Waals surface area contributed by atoms with Crippen molar-refractivity contribution in [3.8, 4) is 22.4 Å². The second kappa shape index (κ2) is 7.22. The minimum absolute atomic E-state index is 0.104. The van der Waals surface area contributed by atoms with E-state index in [-0.39, 0.29) is 16.9 Å². The fraction of sp³-hybridized carbons (Fsp3) is 0.136. The molecule has 0 bridgehead atoms. The molecule has 0 fully saturated rings. The van der Waals surface area contributed by atoms with E-state index in [2.05, 4.69) is 10.1 Å². The predicted molar refractivity (Wildman–Crippen MR) is 110 cm³/mol. The normalized spacial score (nSPS) is 11.1. The van der Waals surface area contributed by atoms with E-state index in [1.54, 1.807) is 6.92 Å². The minimum Gasteiger partial charge on any atom is -0.477 e. The molecule has 0 aliphatic carbocycles. The monoisotopic (exact) mass is 408 g/mol. The Morgan fingerprint density at radius 3 is 2.37 bits per heavy atom. The lowest BCUT2D eigenvalue weighted by molar-refractivity contribution is 0.0687. The number of aryl methyl sites for hydroxylation is 1. The van der Waals surface area contributed by atoms with E-state index in [0.29, 0.717) is 22.5 Å². The number of hydrogen-bond acceptors (Lipinski definition) is 4. The lowest BCUT2D eigenvalue weighted by Crippen LogP contribution is -2.09. The maximum absolute atomic E-state index is 14.5. The Kier molecular flexibility index (Phi) is 4.69. The van der Waals surface area contributed by atoms with Gasteiger partial charge in [0.2, 0.25) is 0 Å². The van der Waals surface area contributed by atoms with Crippen LogP contribution in [-0.2, 0) is 0 Å². The van der Waals surface area contributed by atoms with Crippen LogP contribution in [0.15, 0.2) is 48.5 Å². The van der Waals surface area contributed by atoms with Crippen LogP contribution in [-0.4, -0.2) is 39.8 Å². The summed E-state index contributed by atoms with van der Waals surface area (Å²) < 4.78 is 29.1. The van der Waals surface area contributed by atoms with Crippen molar-refractivity contribution in [1.82, 2.24) is 14.6 Å². The molecule has 6 nitrogen and oxygen atoms in total. The van der Waals surface area contributed by atoms with Gasteiger partial charge >= 0.3 is 5.97 Å². The molecule has 0 saturated heterocycles. The Hall–Kier alpha value is -3.81. The van der Waals surface area contributed by atoms with Gasteiger partial charge in [-0.25, -0.2) is 23.1 Å². The first-order chi connectivity index (χ1) is 14.3. The highest BCUT2D eigenvalue weighted by molar-refractivity contribution is 5.90. The second-order valence-corrected chi connectivity index (χ2v) is 7.09. The fourth-order valence-electron chi connectivity index (χ4n) is 3.36. The summed E-state index contributed by atoms with van der Waals surface area (Å²) in [6, 6.07) is 12.1. The van der Waals surface area contributed by atoms with E-state index < -0.39 is 17.6 Å². The van der Waals surface area contributed by atoms with Gasteiger partial charge in [-0.2, -0.15) is 5.10 Å². The number of benzene rings is 2. The second-order valence-electron chi connectivity index (χ2n) is 7.09. The van der Waals surface area contributed by atoms with Crippen molar-refractivity contribution in [1.29, 1.82) is 0 Å². The van der Waals surface area contributed by atoms with Crippen LogP contribution in [0.1, 0.15) is 16.2 Å². The number of carboxylic acids is 1. The number of carbonyl (C=O) groups is 1. The Bertz CT molecular complexity index is 1280. The van der Waals surface area contributed by atoms with E-state index >= 15 is 0 Å². The van der Waals surface area contributed by atoms with Crippen molar-refractivity contribution < 1.29 is 18.7 Å². The molecular weight excluding hydrogens is 390 g/mol. The van der Waals surface area contributed by atoms with Crippen LogP contribution in [0.5, 0.6) is 0 Å². The molecule has 8 heteroatoms. The van der Waals surface area contributed by atoms with Crippen molar-refractivity contribution in [2.75, 3.05) is 19.0 Å². The number of aromatic nitrogens is 3. The lowest BCUT2D eigenvalue weighted by atomic mass is 10.0. The van der Waals surface area contributed by atoms with Crippen LogP contribution in [0.3, 0.4) is 0 Å². The summed E-state index contributed by atoms with van der Waals surface area (Å²) >= 11 is 0. The van der Waals surface area contributed by atoms with Crippen molar-refractivity contribution in [2.45, 2.75) is 6.92 Å². The lowest BCUT2D eigenvalue weighted by Gasteiger charge is -2.13. The summed E-state index contributed by atoms with van der Waals surface area (Å²) in [5.41, 5.74) is 2.98. The highest BCUT2D eigenvalue weighted by atomic mass is 19.1. The van der Waals surface area contributed by atoms with Crippen LogP contribution in [0.4, 0.5) is 14.5 Å². The summed E-state index contributed by atoms with van der Waals surface area (Å²) in [6.07, 6.45) is 0. The molecule has 4 aromatic rings. The smallest absolute Gasteiger partial charge is 0.354 e. The van der Waals surface area contributed by atoms with Gasteiger partial charge in [0.25, 0.3) is 0 Å². The number of hydrogen-bond donors (Lipinski definition) is 1. The Morgan fingerprint density at radius 2 is 1.77 bits per heavy atom. The molecule has 0 atom stereocenters. The van der Waals surface area contributed by atoms with Gasteiger partial charge in [-0.1, -0.05) is 12.1 Å². The molecule has 2 aromatic carbocycles. The summed E-state index contributed by atoms with van der Waals surface area (Å²) in [4.78, 5) is 18.4. The van der Waals surface area contributed by atoms with Gasteiger partial charge in [-0.05, 0) is 37.3 Å². The van der Waals surface area contributed by atoms with Crippen LogP contribution < -0.4 is 4.90 Å². The SMILES string of the molecule is Cc1nn2c(C(=O)O)cc(-c3ccc(N(C)C)cc3)nc2c1-c1ccc(F)cc1F. The number of rotatable bonds is 4. The fourth-order valence-corrected chi connectivity index (χ4v) is 3.36. The number of carboxylic acid groups (broad SMARTS) is 1. The molecule has 0 aliphatic heterocycles. The number of halogens is 2. The molecule has 0 spiro atoms. The quantitative estimate of drug-likeness (QED) is 0.542. The number of aromatic carboxylic acids is 1. The molecule has 0 aliphatic rings. The van der Waals surface area contributed by atoms with Gasteiger partial charge in [-0.3, -0.25) is 0 Å². The molecule has 0 amide bonds. The van der Waals surface area contributed by atoms with Crippen molar-refractivity contribution in [3.63, 3.8) is 0 Å². The maximum Gasteiger partial charge on any atom is 0.354 e. The van der Waals surface area contributed by atoms with E-state index in [9.17, 15) is 18.7 Å². The van der Waals surface area contributed by atoms with Crippen molar-refractivity contribution in [3.05, 3.63) is 71.6 Å². The molecule has 0 unspecified atom stereocenters. The molecular formula is C22H18F2N4O2. The van der Waals surface area contributed by atoms with Gasteiger partial charge in [0.1, 0.15) is 11.6 Å². The third-order valence-electron chi connectivity index (χ3n) is 4.86. The zero-order valence-corrected chi connectivity index (χ0v) is 16.5. The molecule has 0 saturated carbocycles. The van der Waals surface area contributed by atoms with Gasteiger partial charge in [0.15, 0.2) is 11.3 Å². The van der Waals surface area contributed by atoms with Gasteiger partial charge < -0.3 is 10.0 Å². The van der Waals surface area contributed by atoms with E-state index in [1.807, 2.05) is 43.3 Å². The molecule has 0 radical (unpaired) electrons. The van der Waals surface area contributed by atoms with Crippen LogP contribution in [0.25, 0.3) is 28.0 Å². The summed E-state index contributed by atoms with van der Waals surface area (Å²) in [5.74, 6) is -2.67. The first-order valence-corrected chi connectivity index (χ1v) is 9.13. The molecule has 1 N–H and O–H groups in total. The predicted octanol–water partition coefficient (Wildman–Crippen LogP) is 4.41. The Morgan fingerprint density at radius 1 is 1.07 bits per heavy atom. The minimum atomic E-state index is -1.19. The molecule has 2 heterocycles. The van der Waals surface area contributed by atoms with Gasteiger partial charge in [0.05, 0.1) is 17.0 Å². The van der Waals surface area contributed by atoms with Crippen LogP contribution >= 0.6 is 0 Å². The van der Waals surface area contributed by atoms with Gasteiger partial charge in [-0.15, -0.1) is 0 Å². The summed E-state index contributed by atoms with van der Waals surface area (Å²) in [7, 11) is 3.83. The van der Waals surface area contributed by atoms with Crippen LogP contribution in [0, 0.1) is 18.6 Å². The maximum atomic E-state index is 14.5. The first kappa shape index (κ1) is 19.5. The van der Waals surface area contributed by atoms with E-state index in [0.717, 1.165) is 17.8 Å². The van der Waals surface area contributed by atoms with E-state index in [4.69, 9.17) is 0 Å². The van der Waals surface area contributed by atoms with Gasteiger partial charge in [0, 0.05) is 37.0 Å². The number of fused-ring (bicyclic) bond motifs is 1.